The van der Waals surface area contributed by atoms with Crippen LogP contribution in [0.1, 0.15) is 0 Å². The number of thiocarbonyl (C=S) groups is 1. The first-order valence-corrected chi connectivity index (χ1v) is 8.68. The maximum Gasteiger partial charge on any atom is 0.264 e. The van der Waals surface area contributed by atoms with E-state index in [0.717, 1.165) is 37.2 Å². The van der Waals surface area contributed by atoms with E-state index in [0.29, 0.717) is 10.9 Å². The van der Waals surface area contributed by atoms with E-state index in [9.17, 15) is 0 Å². The number of hydrogen-bond acceptors (Lipinski definition) is 5. The molecule has 0 unspecified atom stereocenters. The molecule has 0 bridgehead atoms. The number of ether oxygens (including phenoxy) is 1. The Morgan fingerprint density at radius 3 is 2.36 bits per heavy atom. The van der Waals surface area contributed by atoms with Crippen molar-refractivity contribution in [3.05, 3.63) is 60.9 Å². The largest absolute Gasteiger partial charge is 0.432 e. The maximum atomic E-state index is 5.87. The van der Waals surface area contributed by atoms with Gasteiger partial charge in [-0.25, -0.2) is 0 Å². The van der Waals surface area contributed by atoms with Crippen molar-refractivity contribution in [3.8, 4) is 5.75 Å². The molecule has 1 aromatic heterocycles. The molecular formula is C19H18N4OS. The lowest BCUT2D eigenvalue weighted by atomic mass is 10.2. The zero-order valence-electron chi connectivity index (χ0n) is 13.7. The molecule has 25 heavy (non-hydrogen) atoms. The average Bonchev–Trinajstić information content (AvgIpc) is 2.69. The summed E-state index contributed by atoms with van der Waals surface area (Å²) in [6.45, 7) is 3.55. The minimum atomic E-state index is 0.510. The van der Waals surface area contributed by atoms with E-state index < -0.39 is 0 Å². The number of piperazine rings is 1. The van der Waals surface area contributed by atoms with E-state index in [1.807, 2.05) is 24.3 Å². The highest BCUT2D eigenvalue weighted by Crippen LogP contribution is 2.20. The van der Waals surface area contributed by atoms with Gasteiger partial charge in [-0.15, -0.1) is 0 Å². The lowest BCUT2D eigenvalue weighted by Crippen LogP contribution is -2.49. The second-order valence-corrected chi connectivity index (χ2v) is 6.23. The lowest BCUT2D eigenvalue weighted by molar-refractivity contribution is 0.332. The Balaban J connectivity index is 1.38. The molecule has 3 aromatic rings. The summed E-state index contributed by atoms with van der Waals surface area (Å²) in [6.07, 6.45) is 3.35. The molecule has 1 aliphatic heterocycles. The van der Waals surface area contributed by atoms with Crippen LogP contribution in [0.3, 0.4) is 0 Å². The zero-order valence-corrected chi connectivity index (χ0v) is 14.5. The fourth-order valence-electron chi connectivity index (χ4n) is 2.96. The fraction of sp³-hybridized carbons (Fsp3) is 0.211. The molecule has 0 spiro atoms. The summed E-state index contributed by atoms with van der Waals surface area (Å²) in [5, 5.41) is 0.510. The number of rotatable bonds is 2. The standard InChI is InChI=1S/C19H18N4OS/c25-19(24-16-6-7-17-18(14-16)21-9-8-20-17)23-12-10-22(11-13-23)15-4-2-1-3-5-15/h1-9,14H,10-13H2. The number of para-hydroxylation sites is 1. The number of aromatic nitrogens is 2. The smallest absolute Gasteiger partial charge is 0.264 e. The predicted octanol–water partition coefficient (Wildman–Crippen LogP) is 3.12. The van der Waals surface area contributed by atoms with Crippen LogP contribution in [0.5, 0.6) is 5.75 Å². The number of nitrogens with zero attached hydrogens (tertiary/aromatic N) is 4. The molecule has 0 saturated carbocycles. The van der Waals surface area contributed by atoms with Gasteiger partial charge in [0.25, 0.3) is 5.17 Å². The summed E-state index contributed by atoms with van der Waals surface area (Å²) in [7, 11) is 0. The van der Waals surface area contributed by atoms with Gasteiger partial charge in [0, 0.05) is 50.3 Å². The van der Waals surface area contributed by atoms with E-state index >= 15 is 0 Å². The molecule has 0 radical (unpaired) electrons. The molecule has 126 valence electrons. The lowest BCUT2D eigenvalue weighted by Gasteiger charge is -2.36. The maximum absolute atomic E-state index is 5.87. The molecule has 0 atom stereocenters. The fourth-order valence-corrected chi connectivity index (χ4v) is 3.24. The van der Waals surface area contributed by atoms with E-state index in [-0.39, 0.29) is 0 Å². The van der Waals surface area contributed by atoms with Gasteiger partial charge in [-0.05, 0) is 36.5 Å². The molecule has 1 fully saturated rings. The van der Waals surface area contributed by atoms with Crippen LogP contribution in [0.25, 0.3) is 11.0 Å². The average molecular weight is 350 g/mol. The highest BCUT2D eigenvalue weighted by atomic mass is 32.1. The molecule has 0 N–H and O–H groups in total. The van der Waals surface area contributed by atoms with Crippen LogP contribution < -0.4 is 9.64 Å². The number of hydrogen-bond donors (Lipinski definition) is 0. The summed E-state index contributed by atoms with van der Waals surface area (Å²) >= 11 is 5.48. The third kappa shape index (κ3) is 3.53. The Kier molecular flexibility index (Phi) is 4.43. The molecule has 0 aliphatic carbocycles. The first-order valence-electron chi connectivity index (χ1n) is 8.27. The highest BCUT2D eigenvalue weighted by molar-refractivity contribution is 7.80. The van der Waals surface area contributed by atoms with Gasteiger partial charge in [-0.1, -0.05) is 18.2 Å². The summed E-state index contributed by atoms with van der Waals surface area (Å²) in [6, 6.07) is 16.1. The summed E-state index contributed by atoms with van der Waals surface area (Å²) in [5.74, 6) is 0.698. The quantitative estimate of drug-likeness (QED) is 0.662. The van der Waals surface area contributed by atoms with Gasteiger partial charge in [-0.3, -0.25) is 9.97 Å². The van der Waals surface area contributed by atoms with Gasteiger partial charge >= 0.3 is 0 Å². The van der Waals surface area contributed by atoms with Crippen LogP contribution in [-0.4, -0.2) is 46.2 Å². The van der Waals surface area contributed by atoms with Gasteiger partial charge in [0.05, 0.1) is 11.0 Å². The van der Waals surface area contributed by atoms with Crippen molar-refractivity contribution in [3.63, 3.8) is 0 Å². The van der Waals surface area contributed by atoms with E-state index in [2.05, 4.69) is 44.0 Å². The number of anilines is 1. The summed E-state index contributed by atoms with van der Waals surface area (Å²) in [5.41, 5.74) is 2.90. The summed E-state index contributed by atoms with van der Waals surface area (Å²) in [4.78, 5) is 13.0. The van der Waals surface area contributed by atoms with Gasteiger partial charge < -0.3 is 14.5 Å². The molecule has 1 saturated heterocycles. The monoisotopic (exact) mass is 350 g/mol. The molecular weight excluding hydrogens is 332 g/mol. The van der Waals surface area contributed by atoms with Crippen molar-refractivity contribution >= 4 is 34.1 Å². The third-order valence-corrected chi connectivity index (χ3v) is 4.65. The minimum absolute atomic E-state index is 0.510. The predicted molar refractivity (Wildman–Crippen MR) is 103 cm³/mol. The molecule has 0 amide bonds. The van der Waals surface area contributed by atoms with E-state index in [1.165, 1.54) is 5.69 Å². The van der Waals surface area contributed by atoms with E-state index in [1.54, 1.807) is 12.4 Å². The summed E-state index contributed by atoms with van der Waals surface area (Å²) < 4.78 is 5.87. The van der Waals surface area contributed by atoms with Gasteiger partial charge in [0.1, 0.15) is 5.75 Å². The molecule has 2 aromatic carbocycles. The zero-order chi connectivity index (χ0) is 17.1. The Labute approximate surface area is 151 Å². The van der Waals surface area contributed by atoms with Crippen LogP contribution in [0.2, 0.25) is 0 Å². The molecule has 1 aliphatic rings. The van der Waals surface area contributed by atoms with Crippen LogP contribution in [0, 0.1) is 0 Å². The Morgan fingerprint density at radius 2 is 1.60 bits per heavy atom. The highest BCUT2D eigenvalue weighted by Gasteiger charge is 2.20. The van der Waals surface area contributed by atoms with Crippen molar-refractivity contribution in [2.75, 3.05) is 31.1 Å². The Bertz CT molecular complexity index is 879. The second-order valence-electron chi connectivity index (χ2n) is 5.88. The topological polar surface area (TPSA) is 41.5 Å². The van der Waals surface area contributed by atoms with Crippen LogP contribution in [-0.2, 0) is 0 Å². The Morgan fingerprint density at radius 1 is 0.880 bits per heavy atom. The normalized spacial score (nSPS) is 14.6. The second kappa shape index (κ2) is 7.03. The van der Waals surface area contributed by atoms with Crippen LogP contribution in [0.4, 0.5) is 5.69 Å². The molecule has 4 rings (SSSR count). The minimum Gasteiger partial charge on any atom is -0.432 e. The van der Waals surface area contributed by atoms with Crippen molar-refractivity contribution in [2.24, 2.45) is 0 Å². The van der Waals surface area contributed by atoms with Crippen molar-refractivity contribution in [1.29, 1.82) is 0 Å². The van der Waals surface area contributed by atoms with Gasteiger partial charge in [-0.2, -0.15) is 0 Å². The molecule has 2 heterocycles. The SMILES string of the molecule is S=C(Oc1ccc2nccnc2c1)N1CCN(c2ccccc2)CC1. The van der Waals surface area contributed by atoms with Gasteiger partial charge in [0.2, 0.25) is 0 Å². The molecule has 5 nitrogen and oxygen atoms in total. The van der Waals surface area contributed by atoms with Crippen molar-refractivity contribution < 1.29 is 4.74 Å². The third-order valence-electron chi connectivity index (χ3n) is 4.31. The van der Waals surface area contributed by atoms with Crippen LogP contribution in [0.15, 0.2) is 60.9 Å². The number of fused-ring (bicyclic) bond motifs is 1. The first kappa shape index (κ1) is 15.8. The van der Waals surface area contributed by atoms with Gasteiger partial charge in [0.15, 0.2) is 0 Å². The first-order chi connectivity index (χ1) is 12.3. The van der Waals surface area contributed by atoms with Crippen molar-refractivity contribution in [1.82, 2.24) is 14.9 Å². The molecule has 6 heteroatoms. The Hall–Kier alpha value is -2.73. The van der Waals surface area contributed by atoms with E-state index in [4.69, 9.17) is 17.0 Å². The van der Waals surface area contributed by atoms with Crippen LogP contribution >= 0.6 is 12.2 Å². The number of benzene rings is 2. The van der Waals surface area contributed by atoms with Crippen molar-refractivity contribution in [2.45, 2.75) is 0 Å².